The molecular formula is C15H13F2NO2. The number of aromatic hydroxyl groups is 1. The third-order valence-corrected chi connectivity index (χ3v) is 2.87. The van der Waals surface area contributed by atoms with E-state index in [0.29, 0.717) is 12.2 Å². The largest absolute Gasteiger partial charge is 0.507 e. The Morgan fingerprint density at radius 3 is 2.45 bits per heavy atom. The van der Waals surface area contributed by atoms with Crippen molar-refractivity contribution >= 4 is 11.6 Å². The highest BCUT2D eigenvalue weighted by Gasteiger charge is 2.19. The van der Waals surface area contributed by atoms with Gasteiger partial charge >= 0.3 is 0 Å². The maximum absolute atomic E-state index is 13.2. The molecule has 0 aliphatic carbocycles. The Morgan fingerprint density at radius 2 is 1.85 bits per heavy atom. The minimum absolute atomic E-state index is 0.0301. The average Bonchev–Trinajstić information content (AvgIpc) is 2.39. The van der Waals surface area contributed by atoms with Crippen LogP contribution in [0.3, 0.4) is 0 Å². The first-order chi connectivity index (χ1) is 9.52. The number of carbonyl (C=O) groups excluding carboxylic acids is 1. The molecule has 0 aromatic heterocycles. The average molecular weight is 277 g/mol. The quantitative estimate of drug-likeness (QED) is 0.934. The van der Waals surface area contributed by atoms with E-state index in [1.54, 1.807) is 13.0 Å². The van der Waals surface area contributed by atoms with E-state index in [2.05, 4.69) is 0 Å². The number of phenols is 1. The molecule has 0 spiro atoms. The van der Waals surface area contributed by atoms with Crippen LogP contribution < -0.4 is 4.90 Å². The van der Waals surface area contributed by atoms with E-state index in [1.807, 2.05) is 0 Å². The summed E-state index contributed by atoms with van der Waals surface area (Å²) in [5, 5.41) is 9.65. The van der Waals surface area contributed by atoms with Crippen molar-refractivity contribution in [3.05, 3.63) is 59.7 Å². The molecule has 0 fully saturated rings. The Morgan fingerprint density at radius 1 is 1.15 bits per heavy atom. The van der Waals surface area contributed by atoms with E-state index in [0.717, 1.165) is 12.1 Å². The third kappa shape index (κ3) is 2.77. The zero-order valence-electron chi connectivity index (χ0n) is 10.8. The van der Waals surface area contributed by atoms with Crippen molar-refractivity contribution in [2.45, 2.75) is 6.92 Å². The van der Waals surface area contributed by atoms with Crippen LogP contribution in [0.5, 0.6) is 5.75 Å². The maximum Gasteiger partial charge on any atom is 0.262 e. The highest BCUT2D eigenvalue weighted by atomic mass is 19.1. The topological polar surface area (TPSA) is 40.5 Å². The van der Waals surface area contributed by atoms with Crippen molar-refractivity contribution in [2.24, 2.45) is 0 Å². The normalized spacial score (nSPS) is 10.3. The monoisotopic (exact) mass is 277 g/mol. The lowest BCUT2D eigenvalue weighted by molar-refractivity contribution is 0.0985. The number of hydrogen-bond acceptors (Lipinski definition) is 2. The van der Waals surface area contributed by atoms with E-state index in [1.165, 1.54) is 29.2 Å². The molecule has 0 saturated carbocycles. The number of benzene rings is 2. The smallest absolute Gasteiger partial charge is 0.262 e. The summed E-state index contributed by atoms with van der Waals surface area (Å²) in [6, 6.07) is 8.74. The molecule has 2 aromatic rings. The Labute approximate surface area is 115 Å². The Bertz CT molecular complexity index is 644. The lowest BCUT2D eigenvalue weighted by Crippen LogP contribution is -2.30. The van der Waals surface area contributed by atoms with Gasteiger partial charge < -0.3 is 10.0 Å². The summed E-state index contributed by atoms with van der Waals surface area (Å²) in [5.41, 5.74) is 0.346. The summed E-state index contributed by atoms with van der Waals surface area (Å²) >= 11 is 0. The third-order valence-electron chi connectivity index (χ3n) is 2.87. The number of phenolic OH excluding ortho intramolecular Hbond substituents is 1. The molecule has 3 nitrogen and oxygen atoms in total. The van der Waals surface area contributed by atoms with E-state index in [9.17, 15) is 18.7 Å². The van der Waals surface area contributed by atoms with Crippen LogP contribution in [0.4, 0.5) is 14.5 Å². The number of anilines is 1. The van der Waals surface area contributed by atoms with Crippen molar-refractivity contribution in [2.75, 3.05) is 11.4 Å². The predicted octanol–water partition coefficient (Wildman–Crippen LogP) is 3.34. The maximum atomic E-state index is 13.2. The molecular weight excluding hydrogens is 264 g/mol. The van der Waals surface area contributed by atoms with E-state index in [-0.39, 0.29) is 5.56 Å². The van der Waals surface area contributed by atoms with Gasteiger partial charge in [0.05, 0.1) is 5.56 Å². The first-order valence-corrected chi connectivity index (χ1v) is 6.09. The molecule has 0 bridgehead atoms. The van der Waals surface area contributed by atoms with Gasteiger partial charge in [0, 0.05) is 18.3 Å². The summed E-state index contributed by atoms with van der Waals surface area (Å²) in [7, 11) is 0. The molecule has 1 N–H and O–H groups in total. The van der Waals surface area contributed by atoms with E-state index >= 15 is 0 Å². The second kappa shape index (κ2) is 5.69. The molecule has 2 rings (SSSR count). The van der Waals surface area contributed by atoms with Gasteiger partial charge in [0.25, 0.3) is 5.91 Å². The summed E-state index contributed by atoms with van der Waals surface area (Å²) in [6.45, 7) is 2.02. The molecule has 0 aliphatic rings. The molecule has 0 aliphatic heterocycles. The van der Waals surface area contributed by atoms with Crippen molar-refractivity contribution in [1.29, 1.82) is 0 Å². The molecule has 104 valence electrons. The molecule has 1 amide bonds. The fourth-order valence-electron chi connectivity index (χ4n) is 1.92. The van der Waals surface area contributed by atoms with E-state index in [4.69, 9.17) is 0 Å². The molecule has 2 aromatic carbocycles. The van der Waals surface area contributed by atoms with Crippen LogP contribution in [0, 0.1) is 11.6 Å². The zero-order valence-corrected chi connectivity index (χ0v) is 10.8. The fraction of sp³-hybridized carbons (Fsp3) is 0.133. The first-order valence-electron chi connectivity index (χ1n) is 6.09. The summed E-state index contributed by atoms with van der Waals surface area (Å²) in [6.07, 6.45) is 0. The minimum Gasteiger partial charge on any atom is -0.507 e. The van der Waals surface area contributed by atoms with Gasteiger partial charge in [0.1, 0.15) is 17.4 Å². The Balaban J connectivity index is 2.39. The molecule has 20 heavy (non-hydrogen) atoms. The number of amides is 1. The number of nitrogens with zero attached hydrogens (tertiary/aromatic N) is 1. The molecule has 0 atom stereocenters. The molecule has 0 unspecified atom stereocenters. The molecule has 0 saturated heterocycles. The van der Waals surface area contributed by atoms with Gasteiger partial charge in [-0.25, -0.2) is 8.78 Å². The highest BCUT2D eigenvalue weighted by Crippen LogP contribution is 2.23. The van der Waals surface area contributed by atoms with Crippen LogP contribution in [0.25, 0.3) is 0 Å². The van der Waals surface area contributed by atoms with Crippen LogP contribution in [0.15, 0.2) is 42.5 Å². The predicted molar refractivity (Wildman–Crippen MR) is 71.8 cm³/mol. The molecule has 5 heteroatoms. The fourth-order valence-corrected chi connectivity index (χ4v) is 1.92. The summed E-state index contributed by atoms with van der Waals surface area (Å²) in [5.74, 6) is -2.05. The standard InChI is InChI=1S/C15H13F2NO2/c1-2-18(12-5-3-4-10(16)8-12)15(20)13-7-6-11(17)9-14(13)19/h3-9,19H,2H2,1H3. The highest BCUT2D eigenvalue weighted by molar-refractivity contribution is 6.07. The Hall–Kier alpha value is -2.43. The van der Waals surface area contributed by atoms with Gasteiger partial charge in [0.2, 0.25) is 0 Å². The SMILES string of the molecule is CCN(C(=O)c1ccc(F)cc1O)c1cccc(F)c1. The second-order valence-corrected chi connectivity index (χ2v) is 4.19. The summed E-state index contributed by atoms with van der Waals surface area (Å²) in [4.78, 5) is 13.6. The molecule has 0 heterocycles. The van der Waals surface area contributed by atoms with Crippen LogP contribution in [0.2, 0.25) is 0 Å². The summed E-state index contributed by atoms with van der Waals surface area (Å²) < 4.78 is 26.2. The lowest BCUT2D eigenvalue weighted by atomic mass is 10.1. The van der Waals surface area contributed by atoms with Crippen molar-refractivity contribution in [1.82, 2.24) is 0 Å². The van der Waals surface area contributed by atoms with Gasteiger partial charge in [-0.2, -0.15) is 0 Å². The minimum atomic E-state index is -0.632. The van der Waals surface area contributed by atoms with E-state index < -0.39 is 23.3 Å². The Kier molecular flexibility index (Phi) is 3.98. The number of hydrogen-bond donors (Lipinski definition) is 1. The van der Waals surface area contributed by atoms with Gasteiger partial charge in [-0.3, -0.25) is 4.79 Å². The van der Waals surface area contributed by atoms with Crippen molar-refractivity contribution in [3.63, 3.8) is 0 Å². The van der Waals surface area contributed by atoms with Gasteiger partial charge in [-0.1, -0.05) is 6.07 Å². The van der Waals surface area contributed by atoms with Crippen molar-refractivity contribution in [3.8, 4) is 5.75 Å². The van der Waals surface area contributed by atoms with Gasteiger partial charge in [-0.05, 0) is 37.3 Å². The lowest BCUT2D eigenvalue weighted by Gasteiger charge is -2.21. The van der Waals surface area contributed by atoms with Crippen LogP contribution in [-0.4, -0.2) is 17.6 Å². The van der Waals surface area contributed by atoms with Crippen LogP contribution in [0.1, 0.15) is 17.3 Å². The zero-order chi connectivity index (χ0) is 14.7. The number of halogens is 2. The second-order valence-electron chi connectivity index (χ2n) is 4.19. The van der Waals surface area contributed by atoms with Crippen LogP contribution in [-0.2, 0) is 0 Å². The number of carbonyl (C=O) groups is 1. The van der Waals surface area contributed by atoms with Gasteiger partial charge in [0.15, 0.2) is 0 Å². The van der Waals surface area contributed by atoms with Crippen LogP contribution >= 0.6 is 0 Å². The first kappa shape index (κ1) is 14.0. The number of rotatable bonds is 3. The van der Waals surface area contributed by atoms with Crippen molar-refractivity contribution < 1.29 is 18.7 Å². The van der Waals surface area contributed by atoms with Gasteiger partial charge in [-0.15, -0.1) is 0 Å². The molecule has 0 radical (unpaired) electrons.